The quantitative estimate of drug-likeness (QED) is 0.822. The zero-order chi connectivity index (χ0) is 13.9. The second-order valence-corrected chi connectivity index (χ2v) is 7.61. The predicted molar refractivity (Wildman–Crippen MR) is 80.0 cm³/mol. The van der Waals surface area contributed by atoms with Crippen molar-refractivity contribution in [3.05, 3.63) is 0 Å². The summed E-state index contributed by atoms with van der Waals surface area (Å²) >= 11 is 0. The molecular weight excluding hydrogens is 236 g/mol. The molecule has 3 atom stereocenters. The molecular formula is C16H32N2O. The van der Waals surface area contributed by atoms with Crippen LogP contribution in [0.25, 0.3) is 0 Å². The van der Waals surface area contributed by atoms with E-state index >= 15 is 0 Å². The van der Waals surface area contributed by atoms with Gasteiger partial charge in [-0.2, -0.15) is 0 Å². The number of hydrogen-bond donors (Lipinski definition) is 2. The third kappa shape index (κ3) is 4.44. The van der Waals surface area contributed by atoms with E-state index in [4.69, 9.17) is 10.8 Å². The fraction of sp³-hybridized carbons (Fsp3) is 1.00. The summed E-state index contributed by atoms with van der Waals surface area (Å²) < 4.78 is 0. The fourth-order valence-electron chi connectivity index (χ4n) is 4.02. The lowest BCUT2D eigenvalue weighted by atomic mass is 9.70. The molecule has 3 heteroatoms. The van der Waals surface area contributed by atoms with Gasteiger partial charge in [0.2, 0.25) is 0 Å². The predicted octanol–water partition coefficient (Wildman–Crippen LogP) is 2.23. The SMILES string of the molecule is CC1(C)CCC(N)C(CN2CCCC(CCO)C2)C1. The highest BCUT2D eigenvalue weighted by molar-refractivity contribution is 4.89. The van der Waals surface area contributed by atoms with Crippen molar-refractivity contribution in [2.24, 2.45) is 23.0 Å². The van der Waals surface area contributed by atoms with E-state index in [9.17, 15) is 0 Å². The highest BCUT2D eigenvalue weighted by Crippen LogP contribution is 2.38. The Morgan fingerprint density at radius 3 is 2.84 bits per heavy atom. The Hall–Kier alpha value is -0.120. The van der Waals surface area contributed by atoms with Gasteiger partial charge < -0.3 is 15.7 Å². The average molecular weight is 268 g/mol. The summed E-state index contributed by atoms with van der Waals surface area (Å²) in [6, 6.07) is 0.395. The van der Waals surface area contributed by atoms with Crippen LogP contribution in [0.1, 0.15) is 52.4 Å². The minimum Gasteiger partial charge on any atom is -0.396 e. The number of rotatable bonds is 4. The van der Waals surface area contributed by atoms with E-state index in [0.29, 0.717) is 29.9 Å². The van der Waals surface area contributed by atoms with Crippen LogP contribution in [0.5, 0.6) is 0 Å². The first-order valence-electron chi connectivity index (χ1n) is 8.09. The van der Waals surface area contributed by atoms with Crippen molar-refractivity contribution < 1.29 is 5.11 Å². The molecule has 0 radical (unpaired) electrons. The maximum absolute atomic E-state index is 9.10. The molecule has 19 heavy (non-hydrogen) atoms. The van der Waals surface area contributed by atoms with Gasteiger partial charge in [0.15, 0.2) is 0 Å². The number of likely N-dealkylation sites (tertiary alicyclic amines) is 1. The Balaban J connectivity index is 1.85. The van der Waals surface area contributed by atoms with Crippen molar-refractivity contribution in [2.75, 3.05) is 26.2 Å². The lowest BCUT2D eigenvalue weighted by molar-refractivity contribution is 0.0842. The van der Waals surface area contributed by atoms with Gasteiger partial charge in [0.05, 0.1) is 0 Å². The molecule has 2 fully saturated rings. The van der Waals surface area contributed by atoms with Crippen LogP contribution in [-0.2, 0) is 0 Å². The molecule has 1 saturated heterocycles. The summed E-state index contributed by atoms with van der Waals surface area (Å²) in [6.45, 7) is 8.68. The highest BCUT2D eigenvalue weighted by Gasteiger charge is 2.34. The second kappa shape index (κ2) is 6.55. The van der Waals surface area contributed by atoms with Crippen molar-refractivity contribution in [1.82, 2.24) is 4.90 Å². The number of nitrogens with two attached hydrogens (primary N) is 1. The molecule has 1 aliphatic carbocycles. The lowest BCUT2D eigenvalue weighted by Gasteiger charge is -2.43. The summed E-state index contributed by atoms with van der Waals surface area (Å²) in [5.41, 5.74) is 6.82. The molecule has 0 amide bonds. The number of piperidine rings is 1. The van der Waals surface area contributed by atoms with Crippen molar-refractivity contribution in [1.29, 1.82) is 0 Å². The van der Waals surface area contributed by atoms with Gasteiger partial charge in [0.1, 0.15) is 0 Å². The minimum absolute atomic E-state index is 0.342. The Kier molecular flexibility index (Phi) is 5.27. The molecule has 2 aliphatic rings. The number of aliphatic hydroxyl groups excluding tert-OH is 1. The summed E-state index contributed by atoms with van der Waals surface area (Å²) in [7, 11) is 0. The van der Waals surface area contributed by atoms with E-state index in [1.54, 1.807) is 0 Å². The monoisotopic (exact) mass is 268 g/mol. The summed E-state index contributed by atoms with van der Waals surface area (Å²) in [6.07, 6.45) is 7.28. The summed E-state index contributed by atoms with van der Waals surface area (Å²) in [5, 5.41) is 9.10. The van der Waals surface area contributed by atoms with E-state index in [2.05, 4.69) is 18.7 Å². The van der Waals surface area contributed by atoms with Crippen LogP contribution >= 0.6 is 0 Å². The normalized spacial score (nSPS) is 36.3. The maximum Gasteiger partial charge on any atom is 0.0434 e. The Bertz CT molecular complexity index is 278. The number of nitrogens with zero attached hydrogens (tertiary/aromatic N) is 1. The van der Waals surface area contributed by atoms with Crippen LogP contribution in [0.4, 0.5) is 0 Å². The molecule has 2 rings (SSSR count). The molecule has 1 saturated carbocycles. The molecule has 0 aromatic rings. The van der Waals surface area contributed by atoms with Crippen molar-refractivity contribution in [3.63, 3.8) is 0 Å². The van der Waals surface area contributed by atoms with Gasteiger partial charge in [-0.3, -0.25) is 0 Å². The van der Waals surface area contributed by atoms with E-state index in [1.165, 1.54) is 51.7 Å². The zero-order valence-corrected chi connectivity index (χ0v) is 12.8. The highest BCUT2D eigenvalue weighted by atomic mass is 16.3. The van der Waals surface area contributed by atoms with Crippen LogP contribution < -0.4 is 5.73 Å². The molecule has 0 bridgehead atoms. The smallest absolute Gasteiger partial charge is 0.0434 e. The van der Waals surface area contributed by atoms with E-state index < -0.39 is 0 Å². The molecule has 1 aliphatic heterocycles. The first-order valence-corrected chi connectivity index (χ1v) is 8.09. The fourth-order valence-corrected chi connectivity index (χ4v) is 4.02. The number of hydrogen-bond acceptors (Lipinski definition) is 3. The molecule has 1 heterocycles. The van der Waals surface area contributed by atoms with E-state index in [-0.39, 0.29) is 0 Å². The van der Waals surface area contributed by atoms with Crippen molar-refractivity contribution in [2.45, 2.75) is 58.4 Å². The van der Waals surface area contributed by atoms with Gasteiger partial charge >= 0.3 is 0 Å². The molecule has 112 valence electrons. The Morgan fingerprint density at radius 1 is 1.32 bits per heavy atom. The second-order valence-electron chi connectivity index (χ2n) is 7.61. The Labute approximate surface area is 118 Å². The van der Waals surface area contributed by atoms with Gasteiger partial charge in [-0.15, -0.1) is 0 Å². The van der Waals surface area contributed by atoms with E-state index in [0.717, 1.165) is 6.42 Å². The van der Waals surface area contributed by atoms with Gasteiger partial charge in [-0.25, -0.2) is 0 Å². The first kappa shape index (κ1) is 15.3. The maximum atomic E-state index is 9.10. The first-order chi connectivity index (χ1) is 9.00. The standard InChI is InChI=1S/C16H32N2O/c1-16(2)7-5-15(17)14(10-16)12-18-8-3-4-13(11-18)6-9-19/h13-15,19H,3-12,17H2,1-2H3. The van der Waals surface area contributed by atoms with Gasteiger partial charge in [-0.1, -0.05) is 13.8 Å². The zero-order valence-electron chi connectivity index (χ0n) is 12.8. The molecule has 3 nitrogen and oxygen atoms in total. The van der Waals surface area contributed by atoms with Crippen LogP contribution in [0, 0.1) is 17.3 Å². The third-order valence-corrected chi connectivity index (χ3v) is 5.21. The van der Waals surface area contributed by atoms with Crippen LogP contribution in [0.3, 0.4) is 0 Å². The minimum atomic E-state index is 0.342. The summed E-state index contributed by atoms with van der Waals surface area (Å²) in [4.78, 5) is 2.61. The molecule has 0 aromatic heterocycles. The van der Waals surface area contributed by atoms with Gasteiger partial charge in [0.25, 0.3) is 0 Å². The lowest BCUT2D eigenvalue weighted by Crippen LogP contribution is -2.47. The molecule has 3 N–H and O–H groups in total. The van der Waals surface area contributed by atoms with Crippen LogP contribution in [0.2, 0.25) is 0 Å². The Morgan fingerprint density at radius 2 is 2.11 bits per heavy atom. The van der Waals surface area contributed by atoms with Gasteiger partial charge in [0, 0.05) is 25.7 Å². The van der Waals surface area contributed by atoms with Crippen LogP contribution in [-0.4, -0.2) is 42.3 Å². The average Bonchev–Trinajstić information content (AvgIpc) is 2.35. The van der Waals surface area contributed by atoms with Gasteiger partial charge in [-0.05, 0) is 62.3 Å². The molecule has 3 unspecified atom stereocenters. The summed E-state index contributed by atoms with van der Waals surface area (Å²) in [5.74, 6) is 1.36. The van der Waals surface area contributed by atoms with Crippen molar-refractivity contribution >= 4 is 0 Å². The van der Waals surface area contributed by atoms with E-state index in [1.807, 2.05) is 0 Å². The number of aliphatic hydroxyl groups is 1. The third-order valence-electron chi connectivity index (χ3n) is 5.21. The topological polar surface area (TPSA) is 49.5 Å². The largest absolute Gasteiger partial charge is 0.396 e. The van der Waals surface area contributed by atoms with Crippen LogP contribution in [0.15, 0.2) is 0 Å². The molecule has 0 spiro atoms. The van der Waals surface area contributed by atoms with Crippen molar-refractivity contribution in [3.8, 4) is 0 Å². The molecule has 0 aromatic carbocycles.